The molecule has 0 amide bonds. The van der Waals surface area contributed by atoms with Crippen molar-refractivity contribution in [3.63, 3.8) is 0 Å². The number of ketones is 1. The lowest BCUT2D eigenvalue weighted by molar-refractivity contribution is -0.117. The van der Waals surface area contributed by atoms with Crippen molar-refractivity contribution < 1.29 is 31.5 Å². The molecule has 0 saturated carbocycles. The quantitative estimate of drug-likeness (QED) is 0.558. The minimum Gasteiger partial charge on any atom is -0.389 e. The van der Waals surface area contributed by atoms with Crippen molar-refractivity contribution in [3.05, 3.63) is 50.9 Å². The number of nitrogens with zero attached hydrogens (tertiary/aromatic N) is 2. The van der Waals surface area contributed by atoms with Crippen molar-refractivity contribution in [3.8, 4) is 10.6 Å². The maximum absolute atomic E-state index is 12.6. The standard InChI is InChI=1S/C18H15F3N2O4S3/c1-10-17(29-16(8-24)22-10)14-9-28-15(23-14)7-12(25)6-11-2-4-13(5-3-11)30(26,27)18(19,20)21/h2-5,9,24H,6-8H2,1H3. The lowest BCUT2D eigenvalue weighted by Gasteiger charge is -2.08. The van der Waals surface area contributed by atoms with Crippen LogP contribution in [0.3, 0.4) is 0 Å². The second-order valence-electron chi connectivity index (χ2n) is 6.29. The van der Waals surface area contributed by atoms with Crippen molar-refractivity contribution in [1.29, 1.82) is 0 Å². The van der Waals surface area contributed by atoms with Crippen LogP contribution in [-0.2, 0) is 34.1 Å². The van der Waals surface area contributed by atoms with E-state index >= 15 is 0 Å². The van der Waals surface area contributed by atoms with Gasteiger partial charge in [0.1, 0.15) is 15.8 Å². The molecule has 2 aromatic heterocycles. The molecule has 3 rings (SSSR count). The zero-order valence-electron chi connectivity index (χ0n) is 15.4. The van der Waals surface area contributed by atoms with Gasteiger partial charge in [-0.1, -0.05) is 12.1 Å². The molecule has 0 aliphatic rings. The summed E-state index contributed by atoms with van der Waals surface area (Å²) >= 11 is 2.62. The monoisotopic (exact) mass is 476 g/mol. The summed E-state index contributed by atoms with van der Waals surface area (Å²) in [6, 6.07) is 4.08. The van der Waals surface area contributed by atoms with E-state index in [0.717, 1.165) is 22.7 Å². The van der Waals surface area contributed by atoms with E-state index in [1.54, 1.807) is 12.3 Å². The molecule has 160 valence electrons. The maximum Gasteiger partial charge on any atom is 0.501 e. The number of Topliss-reactive ketones (excluding diaryl/α,β-unsaturated/α-hetero) is 1. The number of hydrogen-bond donors (Lipinski definition) is 1. The van der Waals surface area contributed by atoms with Gasteiger partial charge in [0, 0.05) is 11.8 Å². The Labute approximate surface area is 178 Å². The van der Waals surface area contributed by atoms with E-state index in [4.69, 9.17) is 0 Å². The fourth-order valence-electron chi connectivity index (χ4n) is 2.63. The van der Waals surface area contributed by atoms with Crippen molar-refractivity contribution in [2.45, 2.75) is 36.8 Å². The lowest BCUT2D eigenvalue weighted by atomic mass is 10.1. The van der Waals surface area contributed by atoms with Crippen LogP contribution in [-0.4, -0.2) is 34.8 Å². The summed E-state index contributed by atoms with van der Waals surface area (Å²) in [6.45, 7) is 1.64. The number of halogens is 3. The number of hydrogen-bond acceptors (Lipinski definition) is 8. The molecule has 0 unspecified atom stereocenters. The molecule has 0 radical (unpaired) electrons. The number of alkyl halides is 3. The number of thiazole rings is 2. The van der Waals surface area contributed by atoms with Gasteiger partial charge in [-0.05, 0) is 24.6 Å². The lowest BCUT2D eigenvalue weighted by Crippen LogP contribution is -2.23. The number of benzene rings is 1. The molecule has 0 saturated heterocycles. The molecule has 0 spiro atoms. The second-order valence-corrected chi connectivity index (χ2v) is 10.3. The molecule has 0 bridgehead atoms. The fraction of sp³-hybridized carbons (Fsp3) is 0.278. The predicted octanol–water partition coefficient (Wildman–Crippen LogP) is 3.72. The van der Waals surface area contributed by atoms with Crippen LogP contribution >= 0.6 is 22.7 Å². The van der Waals surface area contributed by atoms with E-state index in [2.05, 4.69) is 9.97 Å². The number of aliphatic hydroxyl groups is 1. The molecule has 1 aromatic carbocycles. The van der Waals surface area contributed by atoms with E-state index in [9.17, 15) is 31.5 Å². The van der Waals surface area contributed by atoms with Gasteiger partial charge in [-0.2, -0.15) is 13.2 Å². The third kappa shape index (κ3) is 4.77. The first kappa shape index (κ1) is 22.5. The summed E-state index contributed by atoms with van der Waals surface area (Å²) in [6.07, 6.45) is -0.0204. The highest BCUT2D eigenvalue weighted by atomic mass is 32.2. The first-order valence-corrected chi connectivity index (χ1v) is 11.6. The van der Waals surface area contributed by atoms with Gasteiger partial charge in [0.25, 0.3) is 9.84 Å². The van der Waals surface area contributed by atoms with Crippen molar-refractivity contribution in [2.24, 2.45) is 0 Å². The number of carbonyl (C=O) groups excluding carboxylic acids is 1. The second kappa shape index (κ2) is 8.53. The number of rotatable bonds is 7. The summed E-state index contributed by atoms with van der Waals surface area (Å²) in [5, 5.41) is 12.1. The Bertz CT molecular complexity index is 1170. The Morgan fingerprint density at radius 3 is 2.33 bits per heavy atom. The average Bonchev–Trinajstić information content (AvgIpc) is 3.27. The average molecular weight is 477 g/mol. The van der Waals surface area contributed by atoms with Gasteiger partial charge in [-0.3, -0.25) is 4.79 Å². The first-order chi connectivity index (χ1) is 14.0. The summed E-state index contributed by atoms with van der Waals surface area (Å²) in [7, 11) is -5.41. The summed E-state index contributed by atoms with van der Waals surface area (Å²) in [5.74, 6) is -0.209. The van der Waals surface area contributed by atoms with Crippen LogP contribution in [0.2, 0.25) is 0 Å². The van der Waals surface area contributed by atoms with Gasteiger partial charge in [-0.15, -0.1) is 22.7 Å². The fourth-order valence-corrected chi connectivity index (χ4v) is 5.17. The molecule has 0 aliphatic heterocycles. The van der Waals surface area contributed by atoms with Crippen LogP contribution in [0.15, 0.2) is 34.5 Å². The van der Waals surface area contributed by atoms with Crippen molar-refractivity contribution in [2.75, 3.05) is 0 Å². The highest BCUT2D eigenvalue weighted by Crippen LogP contribution is 2.32. The SMILES string of the molecule is Cc1nc(CO)sc1-c1csc(CC(=O)Cc2ccc(S(=O)(=O)C(F)(F)F)cc2)n1. The molecule has 6 nitrogen and oxygen atoms in total. The summed E-state index contributed by atoms with van der Waals surface area (Å²) in [4.78, 5) is 20.9. The van der Waals surface area contributed by atoms with E-state index in [0.29, 0.717) is 21.3 Å². The Morgan fingerprint density at radius 2 is 1.77 bits per heavy atom. The minimum atomic E-state index is -5.41. The number of aliphatic hydroxyl groups excluding tert-OH is 1. The normalized spacial score (nSPS) is 12.3. The van der Waals surface area contributed by atoms with Gasteiger partial charge < -0.3 is 5.11 Å². The number of sulfone groups is 1. The molecular weight excluding hydrogens is 461 g/mol. The summed E-state index contributed by atoms with van der Waals surface area (Å²) < 4.78 is 60.5. The Kier molecular flexibility index (Phi) is 6.41. The third-order valence-corrected chi connectivity index (χ3v) is 7.56. The Hall–Kier alpha value is -2.15. The number of carbonyl (C=O) groups is 1. The zero-order valence-corrected chi connectivity index (χ0v) is 17.9. The van der Waals surface area contributed by atoms with Gasteiger partial charge in [0.05, 0.1) is 34.2 Å². The highest BCUT2D eigenvalue weighted by molar-refractivity contribution is 7.92. The van der Waals surface area contributed by atoms with Crippen molar-refractivity contribution in [1.82, 2.24) is 9.97 Å². The number of aromatic nitrogens is 2. The Balaban J connectivity index is 1.66. The molecule has 2 heterocycles. The van der Waals surface area contributed by atoms with Gasteiger partial charge in [-0.25, -0.2) is 18.4 Å². The highest BCUT2D eigenvalue weighted by Gasteiger charge is 2.46. The van der Waals surface area contributed by atoms with E-state index in [-0.39, 0.29) is 25.2 Å². The van der Waals surface area contributed by atoms with Crippen LogP contribution in [0.4, 0.5) is 13.2 Å². The summed E-state index contributed by atoms with van der Waals surface area (Å²) in [5.41, 5.74) is -3.56. The minimum absolute atomic E-state index is 0.0397. The Morgan fingerprint density at radius 1 is 1.10 bits per heavy atom. The zero-order chi connectivity index (χ0) is 22.1. The van der Waals surface area contributed by atoms with Crippen LogP contribution in [0.1, 0.15) is 21.3 Å². The molecule has 0 atom stereocenters. The first-order valence-electron chi connectivity index (χ1n) is 8.45. The third-order valence-electron chi connectivity index (χ3n) is 4.05. The van der Waals surface area contributed by atoms with Crippen LogP contribution in [0, 0.1) is 6.92 Å². The maximum atomic E-state index is 12.6. The van der Waals surface area contributed by atoms with E-state index < -0.39 is 20.2 Å². The molecular formula is C18H15F3N2O4S3. The van der Waals surface area contributed by atoms with Crippen LogP contribution in [0.25, 0.3) is 10.6 Å². The predicted molar refractivity (Wildman–Crippen MR) is 106 cm³/mol. The van der Waals surface area contributed by atoms with Crippen molar-refractivity contribution >= 4 is 38.3 Å². The van der Waals surface area contributed by atoms with E-state index in [1.165, 1.54) is 34.8 Å². The molecule has 30 heavy (non-hydrogen) atoms. The number of aryl methyl sites for hydroxylation is 1. The molecule has 0 aliphatic carbocycles. The topological polar surface area (TPSA) is 97.2 Å². The van der Waals surface area contributed by atoms with Gasteiger partial charge >= 0.3 is 5.51 Å². The molecule has 0 fully saturated rings. The van der Waals surface area contributed by atoms with Crippen LogP contribution < -0.4 is 0 Å². The van der Waals surface area contributed by atoms with Gasteiger partial charge in [0.2, 0.25) is 0 Å². The largest absolute Gasteiger partial charge is 0.501 e. The van der Waals surface area contributed by atoms with Gasteiger partial charge in [0.15, 0.2) is 0 Å². The van der Waals surface area contributed by atoms with Crippen LogP contribution in [0.5, 0.6) is 0 Å². The molecule has 1 N–H and O–H groups in total. The molecule has 12 heteroatoms. The molecule has 3 aromatic rings. The van der Waals surface area contributed by atoms with E-state index in [1.807, 2.05) is 0 Å². The smallest absolute Gasteiger partial charge is 0.389 e.